The highest BCUT2D eigenvalue weighted by atomic mass is 32.2. The van der Waals surface area contributed by atoms with Crippen LogP contribution < -0.4 is 0 Å². The maximum Gasteiger partial charge on any atom is 0.233 e. The Labute approximate surface area is 181 Å². The lowest BCUT2D eigenvalue weighted by atomic mass is 10.2. The summed E-state index contributed by atoms with van der Waals surface area (Å²) in [6, 6.07) is 16.9. The van der Waals surface area contributed by atoms with Crippen LogP contribution in [0.4, 0.5) is 0 Å². The molecule has 4 heterocycles. The van der Waals surface area contributed by atoms with E-state index in [-0.39, 0.29) is 11.9 Å². The van der Waals surface area contributed by atoms with Gasteiger partial charge < -0.3 is 4.90 Å². The van der Waals surface area contributed by atoms with Crippen molar-refractivity contribution in [1.29, 1.82) is 0 Å². The summed E-state index contributed by atoms with van der Waals surface area (Å²) in [7, 11) is 0. The molecule has 1 amide bonds. The molecule has 146 valence electrons. The van der Waals surface area contributed by atoms with Crippen LogP contribution in [0.25, 0.3) is 20.7 Å². The zero-order valence-electron chi connectivity index (χ0n) is 15.7. The summed E-state index contributed by atoms with van der Waals surface area (Å²) in [5.41, 5.74) is 1.18. The van der Waals surface area contributed by atoms with Crippen molar-refractivity contribution in [3.8, 4) is 10.4 Å². The Balaban J connectivity index is 1.34. The van der Waals surface area contributed by atoms with Crippen molar-refractivity contribution in [2.45, 2.75) is 23.9 Å². The summed E-state index contributed by atoms with van der Waals surface area (Å²) >= 11 is 4.92. The van der Waals surface area contributed by atoms with Crippen LogP contribution in [0.5, 0.6) is 0 Å². The van der Waals surface area contributed by atoms with E-state index in [4.69, 9.17) is 0 Å². The number of hydrogen-bond donors (Lipinski definition) is 0. The molecule has 7 heteroatoms. The zero-order valence-corrected chi connectivity index (χ0v) is 18.1. The van der Waals surface area contributed by atoms with Gasteiger partial charge in [-0.15, -0.1) is 22.7 Å². The van der Waals surface area contributed by atoms with E-state index in [1.807, 2.05) is 23.1 Å². The zero-order chi connectivity index (χ0) is 19.6. The number of fused-ring (bicyclic) bond motifs is 1. The summed E-state index contributed by atoms with van der Waals surface area (Å²) in [5.74, 6) is 0.598. The standard InChI is InChI=1S/C22H19N3OS3/c26-20(25-10-4-8-17(25)18-9-5-11-27-18)13-28-21-16-12-19(15-6-2-1-3-7-15)29-22(16)24-14-23-21/h1-3,5-7,9,11-12,14,17H,4,8,10,13H2/t17-/m1/s1. The first-order valence-corrected chi connectivity index (χ1v) is 12.2. The van der Waals surface area contributed by atoms with Gasteiger partial charge in [-0.05, 0) is 35.9 Å². The molecule has 3 aromatic heterocycles. The maximum absolute atomic E-state index is 13.0. The fraction of sp³-hybridized carbons (Fsp3) is 0.227. The predicted molar refractivity (Wildman–Crippen MR) is 122 cm³/mol. The van der Waals surface area contributed by atoms with Gasteiger partial charge in [-0.2, -0.15) is 0 Å². The van der Waals surface area contributed by atoms with Crippen LogP contribution in [0.1, 0.15) is 23.8 Å². The van der Waals surface area contributed by atoms with Gasteiger partial charge in [0.25, 0.3) is 0 Å². The molecular formula is C22H19N3OS3. The normalized spacial score (nSPS) is 16.6. The lowest BCUT2D eigenvalue weighted by Crippen LogP contribution is -2.31. The molecule has 1 atom stereocenters. The first-order valence-electron chi connectivity index (χ1n) is 9.55. The second-order valence-electron chi connectivity index (χ2n) is 6.92. The third-order valence-electron chi connectivity index (χ3n) is 5.13. The predicted octanol–water partition coefficient (Wildman–Crippen LogP) is 5.88. The van der Waals surface area contributed by atoms with Gasteiger partial charge in [0.05, 0.1) is 11.8 Å². The third-order valence-corrected chi connectivity index (χ3v) is 8.18. The van der Waals surface area contributed by atoms with Gasteiger partial charge in [-0.1, -0.05) is 48.2 Å². The highest BCUT2D eigenvalue weighted by molar-refractivity contribution is 8.00. The van der Waals surface area contributed by atoms with Crippen LogP contribution in [0.2, 0.25) is 0 Å². The van der Waals surface area contributed by atoms with Crippen molar-refractivity contribution in [1.82, 2.24) is 14.9 Å². The maximum atomic E-state index is 13.0. The van der Waals surface area contributed by atoms with Crippen molar-refractivity contribution in [2.24, 2.45) is 0 Å². The Kier molecular flexibility index (Phi) is 5.35. The van der Waals surface area contributed by atoms with E-state index in [2.05, 4.69) is 45.7 Å². The fourth-order valence-electron chi connectivity index (χ4n) is 3.75. The van der Waals surface area contributed by atoms with Crippen LogP contribution in [-0.2, 0) is 4.79 Å². The summed E-state index contributed by atoms with van der Waals surface area (Å²) in [4.78, 5) is 27.3. The number of amides is 1. The molecule has 29 heavy (non-hydrogen) atoms. The second-order valence-corrected chi connectivity index (χ2v) is 9.90. The number of carbonyl (C=O) groups excluding carboxylic acids is 1. The van der Waals surface area contributed by atoms with Crippen LogP contribution >= 0.6 is 34.4 Å². The Hall–Kier alpha value is -2.22. The van der Waals surface area contributed by atoms with E-state index in [1.165, 1.54) is 27.1 Å². The van der Waals surface area contributed by atoms with Gasteiger partial charge in [0.2, 0.25) is 5.91 Å². The number of likely N-dealkylation sites (tertiary alicyclic amines) is 1. The smallest absolute Gasteiger partial charge is 0.233 e. The summed E-state index contributed by atoms with van der Waals surface area (Å²) < 4.78 is 0. The number of rotatable bonds is 5. The van der Waals surface area contributed by atoms with Crippen LogP contribution in [-0.4, -0.2) is 33.1 Å². The molecule has 1 saturated heterocycles. The van der Waals surface area contributed by atoms with E-state index in [1.54, 1.807) is 29.0 Å². The molecule has 0 spiro atoms. The number of aromatic nitrogens is 2. The first kappa shape index (κ1) is 18.8. The summed E-state index contributed by atoms with van der Waals surface area (Å²) in [6.07, 6.45) is 3.73. The molecule has 1 fully saturated rings. The van der Waals surface area contributed by atoms with Crippen LogP contribution in [0.15, 0.2) is 65.3 Å². The molecule has 1 aromatic carbocycles. The molecule has 1 aliphatic rings. The first-order chi connectivity index (χ1) is 14.3. The Morgan fingerprint density at radius 2 is 2.07 bits per heavy atom. The molecule has 0 N–H and O–H groups in total. The van der Waals surface area contributed by atoms with E-state index in [9.17, 15) is 4.79 Å². The van der Waals surface area contributed by atoms with Gasteiger partial charge in [-0.3, -0.25) is 4.79 Å². The number of hydrogen-bond acceptors (Lipinski definition) is 6. The molecule has 5 rings (SSSR count). The van der Waals surface area contributed by atoms with Crippen molar-refractivity contribution in [3.05, 3.63) is 65.1 Å². The van der Waals surface area contributed by atoms with Gasteiger partial charge in [-0.25, -0.2) is 9.97 Å². The lowest BCUT2D eigenvalue weighted by Gasteiger charge is -2.23. The Bertz CT molecular complexity index is 1120. The van der Waals surface area contributed by atoms with Crippen molar-refractivity contribution in [2.75, 3.05) is 12.3 Å². The number of thiophene rings is 2. The molecule has 1 aliphatic heterocycles. The van der Waals surface area contributed by atoms with Crippen LogP contribution in [0.3, 0.4) is 0 Å². The average Bonchev–Trinajstić information content (AvgIpc) is 3.52. The molecule has 0 unspecified atom stereocenters. The number of thioether (sulfide) groups is 1. The molecule has 0 bridgehead atoms. The van der Waals surface area contributed by atoms with Crippen molar-refractivity contribution < 1.29 is 4.79 Å². The monoisotopic (exact) mass is 437 g/mol. The number of carbonyl (C=O) groups is 1. The van der Waals surface area contributed by atoms with Crippen molar-refractivity contribution >= 4 is 50.6 Å². The van der Waals surface area contributed by atoms with E-state index >= 15 is 0 Å². The van der Waals surface area contributed by atoms with Gasteiger partial charge in [0, 0.05) is 21.7 Å². The fourth-order valence-corrected chi connectivity index (χ4v) is 6.55. The molecular weight excluding hydrogens is 418 g/mol. The molecule has 0 radical (unpaired) electrons. The second kappa shape index (κ2) is 8.26. The molecule has 0 saturated carbocycles. The summed E-state index contributed by atoms with van der Waals surface area (Å²) in [5, 5.41) is 4.00. The van der Waals surface area contributed by atoms with Gasteiger partial charge in [0.15, 0.2) is 0 Å². The topological polar surface area (TPSA) is 46.1 Å². The Morgan fingerprint density at radius 3 is 2.90 bits per heavy atom. The summed E-state index contributed by atoms with van der Waals surface area (Å²) in [6.45, 7) is 0.845. The van der Waals surface area contributed by atoms with Gasteiger partial charge >= 0.3 is 0 Å². The van der Waals surface area contributed by atoms with E-state index in [0.717, 1.165) is 34.6 Å². The van der Waals surface area contributed by atoms with Gasteiger partial charge in [0.1, 0.15) is 16.2 Å². The SMILES string of the molecule is O=C(CSc1ncnc2sc(-c3ccccc3)cc12)N1CCC[C@@H]1c1cccs1. The largest absolute Gasteiger partial charge is 0.334 e. The minimum absolute atomic E-state index is 0.191. The molecule has 4 nitrogen and oxygen atoms in total. The number of nitrogens with zero attached hydrogens (tertiary/aromatic N) is 3. The van der Waals surface area contributed by atoms with Crippen molar-refractivity contribution in [3.63, 3.8) is 0 Å². The number of benzene rings is 1. The highest BCUT2D eigenvalue weighted by Gasteiger charge is 2.30. The third kappa shape index (κ3) is 3.82. The average molecular weight is 438 g/mol. The lowest BCUT2D eigenvalue weighted by molar-refractivity contribution is -0.129. The Morgan fingerprint density at radius 1 is 1.17 bits per heavy atom. The highest BCUT2D eigenvalue weighted by Crippen LogP contribution is 2.38. The van der Waals surface area contributed by atoms with E-state index < -0.39 is 0 Å². The molecule has 4 aromatic rings. The van der Waals surface area contributed by atoms with E-state index in [0.29, 0.717) is 5.75 Å². The quantitative estimate of drug-likeness (QED) is 0.289. The minimum Gasteiger partial charge on any atom is -0.334 e. The minimum atomic E-state index is 0.191. The molecule has 0 aliphatic carbocycles. The van der Waals surface area contributed by atoms with Crippen LogP contribution in [0, 0.1) is 0 Å².